The van der Waals surface area contributed by atoms with Crippen molar-refractivity contribution >= 4 is 15.9 Å². The van der Waals surface area contributed by atoms with Crippen molar-refractivity contribution in [2.24, 2.45) is 0 Å². The van der Waals surface area contributed by atoms with E-state index >= 15 is 0 Å². The van der Waals surface area contributed by atoms with Crippen molar-refractivity contribution in [2.45, 2.75) is 5.33 Å². The van der Waals surface area contributed by atoms with E-state index in [4.69, 9.17) is 14.2 Å². The fraction of sp³-hybridized carbons (Fsp3) is 0.455. The lowest BCUT2D eigenvalue weighted by Gasteiger charge is -2.13. The molecule has 0 aliphatic heterocycles. The van der Waals surface area contributed by atoms with E-state index in [0.29, 0.717) is 13.2 Å². The molecule has 0 aromatic heterocycles. The number of rotatable bonds is 6. The SMILES string of the molecule is COCCOc1c(CBr)cccc1OC. The minimum absolute atomic E-state index is 0.525. The zero-order valence-corrected chi connectivity index (χ0v) is 10.5. The molecule has 0 saturated heterocycles. The lowest BCUT2D eigenvalue weighted by molar-refractivity contribution is 0.144. The Bertz CT molecular complexity index is 280. The molecule has 1 aromatic rings. The Morgan fingerprint density at radius 1 is 1.20 bits per heavy atom. The summed E-state index contributed by atoms with van der Waals surface area (Å²) in [5, 5.41) is 0.743. The second-order valence-electron chi connectivity index (χ2n) is 2.92. The molecule has 15 heavy (non-hydrogen) atoms. The van der Waals surface area contributed by atoms with Crippen LogP contribution >= 0.6 is 15.9 Å². The monoisotopic (exact) mass is 274 g/mol. The van der Waals surface area contributed by atoms with Gasteiger partial charge in [0.25, 0.3) is 0 Å². The van der Waals surface area contributed by atoms with Crippen molar-refractivity contribution in [2.75, 3.05) is 27.4 Å². The first-order valence-corrected chi connectivity index (χ1v) is 5.79. The Labute approximate surface area is 98.5 Å². The topological polar surface area (TPSA) is 27.7 Å². The minimum Gasteiger partial charge on any atom is -0.493 e. The van der Waals surface area contributed by atoms with Crippen LogP contribution in [0.15, 0.2) is 18.2 Å². The summed E-state index contributed by atoms with van der Waals surface area (Å²) in [7, 11) is 3.29. The Morgan fingerprint density at radius 2 is 2.00 bits per heavy atom. The maximum Gasteiger partial charge on any atom is 0.165 e. The molecule has 0 atom stereocenters. The molecule has 4 heteroatoms. The Hall–Kier alpha value is -0.740. The number of benzene rings is 1. The lowest BCUT2D eigenvalue weighted by Crippen LogP contribution is -2.06. The first-order chi connectivity index (χ1) is 7.33. The molecule has 0 fully saturated rings. The molecule has 0 aliphatic carbocycles. The Balaban J connectivity index is 2.80. The largest absolute Gasteiger partial charge is 0.493 e. The lowest BCUT2D eigenvalue weighted by atomic mass is 10.2. The van der Waals surface area contributed by atoms with Crippen molar-refractivity contribution in [3.8, 4) is 11.5 Å². The average molecular weight is 275 g/mol. The third-order valence-corrected chi connectivity index (χ3v) is 2.56. The van der Waals surface area contributed by atoms with Crippen molar-refractivity contribution in [1.82, 2.24) is 0 Å². The number of para-hydroxylation sites is 1. The molecule has 0 spiro atoms. The van der Waals surface area contributed by atoms with Gasteiger partial charge in [-0.15, -0.1) is 0 Å². The van der Waals surface area contributed by atoms with Gasteiger partial charge in [-0.3, -0.25) is 0 Å². The van der Waals surface area contributed by atoms with Gasteiger partial charge in [-0.05, 0) is 6.07 Å². The van der Waals surface area contributed by atoms with Crippen molar-refractivity contribution in [3.63, 3.8) is 0 Å². The van der Waals surface area contributed by atoms with Gasteiger partial charge in [-0.2, -0.15) is 0 Å². The van der Waals surface area contributed by atoms with Gasteiger partial charge in [0.05, 0.1) is 13.7 Å². The number of halogens is 1. The van der Waals surface area contributed by atoms with Crippen LogP contribution in [0.5, 0.6) is 11.5 Å². The molecule has 0 saturated carbocycles. The summed E-state index contributed by atoms with van der Waals surface area (Å²) in [6, 6.07) is 5.83. The van der Waals surface area contributed by atoms with Gasteiger partial charge >= 0.3 is 0 Å². The zero-order valence-electron chi connectivity index (χ0n) is 8.96. The van der Waals surface area contributed by atoms with Crippen molar-refractivity contribution in [1.29, 1.82) is 0 Å². The molecule has 0 N–H and O–H groups in total. The van der Waals surface area contributed by atoms with Crippen LogP contribution in [0.3, 0.4) is 0 Å². The van der Waals surface area contributed by atoms with Crippen LogP contribution in [-0.2, 0) is 10.1 Å². The highest BCUT2D eigenvalue weighted by Gasteiger charge is 2.08. The highest BCUT2D eigenvalue weighted by atomic mass is 79.9. The minimum atomic E-state index is 0.525. The van der Waals surface area contributed by atoms with E-state index in [1.807, 2.05) is 18.2 Å². The van der Waals surface area contributed by atoms with Crippen LogP contribution in [0.2, 0.25) is 0 Å². The standard InChI is InChI=1S/C11H15BrO3/c1-13-6-7-15-11-9(8-12)4-3-5-10(11)14-2/h3-5H,6-8H2,1-2H3. The van der Waals surface area contributed by atoms with Crippen LogP contribution in [-0.4, -0.2) is 27.4 Å². The molecular weight excluding hydrogens is 260 g/mol. The average Bonchev–Trinajstić information content (AvgIpc) is 2.29. The van der Waals surface area contributed by atoms with Gasteiger partial charge in [0, 0.05) is 18.0 Å². The van der Waals surface area contributed by atoms with Gasteiger partial charge in [0.15, 0.2) is 11.5 Å². The van der Waals surface area contributed by atoms with Crippen LogP contribution < -0.4 is 9.47 Å². The van der Waals surface area contributed by atoms with E-state index in [-0.39, 0.29) is 0 Å². The molecular formula is C11H15BrO3. The second kappa shape index (κ2) is 6.69. The van der Waals surface area contributed by atoms with E-state index in [2.05, 4.69) is 15.9 Å². The summed E-state index contributed by atoms with van der Waals surface area (Å²) in [5.41, 5.74) is 1.07. The zero-order chi connectivity index (χ0) is 11.1. The fourth-order valence-electron chi connectivity index (χ4n) is 1.22. The first-order valence-electron chi connectivity index (χ1n) is 4.67. The summed E-state index contributed by atoms with van der Waals surface area (Å²) in [6.07, 6.45) is 0. The van der Waals surface area contributed by atoms with E-state index < -0.39 is 0 Å². The summed E-state index contributed by atoms with van der Waals surface area (Å²) in [5.74, 6) is 1.54. The van der Waals surface area contributed by atoms with E-state index in [9.17, 15) is 0 Å². The predicted octanol–water partition coefficient (Wildman–Crippen LogP) is 2.62. The molecule has 0 aliphatic rings. The summed E-state index contributed by atoms with van der Waals surface area (Å²) in [6.45, 7) is 1.09. The summed E-state index contributed by atoms with van der Waals surface area (Å²) >= 11 is 3.41. The molecule has 3 nitrogen and oxygen atoms in total. The summed E-state index contributed by atoms with van der Waals surface area (Å²) in [4.78, 5) is 0. The predicted molar refractivity (Wildman–Crippen MR) is 63.0 cm³/mol. The number of methoxy groups -OCH3 is 2. The summed E-state index contributed by atoms with van der Waals surface area (Å²) < 4.78 is 15.8. The first kappa shape index (κ1) is 12.3. The molecule has 1 aromatic carbocycles. The van der Waals surface area contributed by atoms with Crippen LogP contribution in [0.25, 0.3) is 0 Å². The van der Waals surface area contributed by atoms with Gasteiger partial charge in [-0.25, -0.2) is 0 Å². The molecule has 1 rings (SSSR count). The molecule has 0 amide bonds. The van der Waals surface area contributed by atoms with E-state index in [1.165, 1.54) is 0 Å². The maximum absolute atomic E-state index is 5.61. The third kappa shape index (κ3) is 3.39. The fourth-order valence-corrected chi connectivity index (χ4v) is 1.66. The van der Waals surface area contributed by atoms with Crippen molar-refractivity contribution in [3.05, 3.63) is 23.8 Å². The molecule has 0 heterocycles. The number of hydrogen-bond acceptors (Lipinski definition) is 3. The maximum atomic E-state index is 5.61. The third-order valence-electron chi connectivity index (χ3n) is 1.96. The number of ether oxygens (including phenoxy) is 3. The van der Waals surface area contributed by atoms with E-state index in [1.54, 1.807) is 14.2 Å². The van der Waals surface area contributed by atoms with Gasteiger partial charge in [-0.1, -0.05) is 28.1 Å². The van der Waals surface area contributed by atoms with Crippen molar-refractivity contribution < 1.29 is 14.2 Å². The van der Waals surface area contributed by atoms with Gasteiger partial charge in [0.2, 0.25) is 0 Å². The van der Waals surface area contributed by atoms with E-state index in [0.717, 1.165) is 22.4 Å². The molecule has 0 bridgehead atoms. The van der Waals surface area contributed by atoms with Gasteiger partial charge < -0.3 is 14.2 Å². The Kier molecular flexibility index (Phi) is 5.50. The van der Waals surface area contributed by atoms with Crippen LogP contribution in [0.1, 0.15) is 5.56 Å². The van der Waals surface area contributed by atoms with Gasteiger partial charge in [0.1, 0.15) is 6.61 Å². The Morgan fingerprint density at radius 3 is 2.60 bits per heavy atom. The van der Waals surface area contributed by atoms with Crippen LogP contribution in [0, 0.1) is 0 Å². The smallest absolute Gasteiger partial charge is 0.165 e. The molecule has 0 radical (unpaired) electrons. The van der Waals surface area contributed by atoms with Crippen LogP contribution in [0.4, 0.5) is 0 Å². The highest BCUT2D eigenvalue weighted by Crippen LogP contribution is 2.32. The number of alkyl halides is 1. The second-order valence-corrected chi connectivity index (χ2v) is 3.48. The molecule has 84 valence electrons. The number of hydrogen-bond donors (Lipinski definition) is 0. The highest BCUT2D eigenvalue weighted by molar-refractivity contribution is 9.08. The quantitative estimate of drug-likeness (QED) is 0.590. The molecule has 0 unspecified atom stereocenters. The normalized spacial score (nSPS) is 10.1.